The van der Waals surface area contributed by atoms with Crippen LogP contribution in [0.1, 0.15) is 30.1 Å². The zero-order valence-electron chi connectivity index (χ0n) is 12.7. The fourth-order valence-electron chi connectivity index (χ4n) is 2.34. The minimum atomic E-state index is -0.159. The maximum absolute atomic E-state index is 12.1. The smallest absolute Gasteiger partial charge is 0.251 e. The van der Waals surface area contributed by atoms with Gasteiger partial charge in [0.1, 0.15) is 0 Å². The molecule has 0 radical (unpaired) electrons. The Balaban J connectivity index is 1.74. The molecule has 1 aromatic carbocycles. The summed E-state index contributed by atoms with van der Waals surface area (Å²) < 4.78 is 6.48. The molecule has 1 N–H and O–H groups in total. The number of carbonyl (C=O) groups excluding carboxylic acids is 2. The van der Waals surface area contributed by atoms with Crippen LogP contribution in [0.25, 0.3) is 0 Å². The van der Waals surface area contributed by atoms with Crippen molar-refractivity contribution in [2.24, 2.45) is 0 Å². The van der Waals surface area contributed by atoms with Crippen LogP contribution in [0.4, 0.5) is 0 Å². The molecule has 1 fully saturated rings. The quantitative estimate of drug-likeness (QED) is 0.866. The molecular formula is C16H21BrN2O3. The molecule has 6 heteroatoms. The summed E-state index contributed by atoms with van der Waals surface area (Å²) in [6.45, 7) is 4.28. The van der Waals surface area contributed by atoms with Gasteiger partial charge in [-0.05, 0) is 30.7 Å². The Hall–Kier alpha value is -1.40. The first-order valence-corrected chi connectivity index (χ1v) is 8.32. The highest BCUT2D eigenvalue weighted by atomic mass is 79.9. The van der Waals surface area contributed by atoms with Crippen molar-refractivity contribution in [3.05, 3.63) is 34.3 Å². The van der Waals surface area contributed by atoms with Crippen molar-refractivity contribution in [1.29, 1.82) is 0 Å². The number of carbonyl (C=O) groups is 2. The molecule has 1 aromatic rings. The molecule has 1 unspecified atom stereocenters. The lowest BCUT2D eigenvalue weighted by Gasteiger charge is -2.32. The fraction of sp³-hybridized carbons (Fsp3) is 0.500. The molecule has 1 atom stereocenters. The van der Waals surface area contributed by atoms with Gasteiger partial charge in [0.25, 0.3) is 5.91 Å². The number of rotatable bonds is 5. The van der Waals surface area contributed by atoms with Crippen molar-refractivity contribution < 1.29 is 14.3 Å². The second kappa shape index (κ2) is 8.29. The van der Waals surface area contributed by atoms with Gasteiger partial charge in [-0.2, -0.15) is 0 Å². The van der Waals surface area contributed by atoms with Crippen LogP contribution >= 0.6 is 15.9 Å². The van der Waals surface area contributed by atoms with E-state index < -0.39 is 0 Å². The highest BCUT2D eigenvalue weighted by molar-refractivity contribution is 9.10. The van der Waals surface area contributed by atoms with E-state index in [0.29, 0.717) is 38.2 Å². The average Bonchev–Trinajstić information content (AvgIpc) is 2.55. The minimum Gasteiger partial charge on any atom is -0.375 e. The lowest BCUT2D eigenvalue weighted by atomic mass is 10.2. The number of nitrogens with one attached hydrogen (secondary N) is 1. The second-order valence-electron chi connectivity index (χ2n) is 5.25. The molecular weight excluding hydrogens is 348 g/mol. The molecule has 0 aliphatic carbocycles. The number of amides is 2. The van der Waals surface area contributed by atoms with Crippen LogP contribution in [0.5, 0.6) is 0 Å². The van der Waals surface area contributed by atoms with Crippen LogP contribution in [0, 0.1) is 0 Å². The third-order valence-corrected chi connectivity index (χ3v) is 4.21. The van der Waals surface area contributed by atoms with Crippen molar-refractivity contribution in [3.63, 3.8) is 0 Å². The van der Waals surface area contributed by atoms with E-state index in [1.54, 1.807) is 12.1 Å². The zero-order chi connectivity index (χ0) is 15.9. The lowest BCUT2D eigenvalue weighted by Crippen LogP contribution is -2.46. The topological polar surface area (TPSA) is 58.6 Å². The highest BCUT2D eigenvalue weighted by Crippen LogP contribution is 2.11. The Morgan fingerprint density at radius 2 is 2.09 bits per heavy atom. The molecule has 1 heterocycles. The van der Waals surface area contributed by atoms with Gasteiger partial charge in [-0.15, -0.1) is 0 Å². The largest absolute Gasteiger partial charge is 0.375 e. The molecule has 1 saturated heterocycles. The van der Waals surface area contributed by atoms with E-state index in [-0.39, 0.29) is 17.9 Å². The number of hydrogen-bond donors (Lipinski definition) is 1. The maximum Gasteiger partial charge on any atom is 0.251 e. The molecule has 0 spiro atoms. The van der Waals surface area contributed by atoms with Crippen LogP contribution in [0.15, 0.2) is 28.7 Å². The molecule has 1 aliphatic heterocycles. The van der Waals surface area contributed by atoms with Gasteiger partial charge in [-0.1, -0.05) is 22.9 Å². The van der Waals surface area contributed by atoms with Gasteiger partial charge >= 0.3 is 0 Å². The number of halogens is 1. The van der Waals surface area contributed by atoms with Gasteiger partial charge in [-0.25, -0.2) is 0 Å². The molecule has 22 heavy (non-hydrogen) atoms. The summed E-state index contributed by atoms with van der Waals surface area (Å²) >= 11 is 3.33. The van der Waals surface area contributed by atoms with Gasteiger partial charge in [-0.3, -0.25) is 9.59 Å². The van der Waals surface area contributed by atoms with E-state index in [9.17, 15) is 9.59 Å². The molecule has 5 nitrogen and oxygen atoms in total. The maximum atomic E-state index is 12.1. The van der Waals surface area contributed by atoms with E-state index in [2.05, 4.69) is 28.2 Å². The van der Waals surface area contributed by atoms with E-state index in [0.717, 1.165) is 10.9 Å². The third kappa shape index (κ3) is 4.81. The Morgan fingerprint density at radius 3 is 2.77 bits per heavy atom. The van der Waals surface area contributed by atoms with E-state index in [1.165, 1.54) is 0 Å². The SMILES string of the molecule is CCC1CN(C(=O)CCNC(=O)c2ccc(Br)cc2)CCO1. The summed E-state index contributed by atoms with van der Waals surface area (Å²) in [6.07, 6.45) is 1.36. The molecule has 120 valence electrons. The van der Waals surface area contributed by atoms with Crippen LogP contribution in [-0.2, 0) is 9.53 Å². The normalized spacial score (nSPS) is 18.1. The summed E-state index contributed by atoms with van der Waals surface area (Å²) in [5, 5.41) is 2.78. The van der Waals surface area contributed by atoms with Crippen molar-refractivity contribution in [2.75, 3.05) is 26.2 Å². The van der Waals surface area contributed by atoms with Crippen LogP contribution in [0.2, 0.25) is 0 Å². The Kier molecular flexibility index (Phi) is 6.39. The van der Waals surface area contributed by atoms with Gasteiger partial charge in [0, 0.05) is 36.1 Å². The predicted molar refractivity (Wildman–Crippen MR) is 87.7 cm³/mol. The second-order valence-corrected chi connectivity index (χ2v) is 6.17. The summed E-state index contributed by atoms with van der Waals surface area (Å²) in [6, 6.07) is 7.13. The van der Waals surface area contributed by atoms with Crippen molar-refractivity contribution in [2.45, 2.75) is 25.9 Å². The number of hydrogen-bond acceptors (Lipinski definition) is 3. The number of benzene rings is 1. The van der Waals surface area contributed by atoms with Gasteiger partial charge < -0.3 is 15.0 Å². The minimum absolute atomic E-state index is 0.0675. The van der Waals surface area contributed by atoms with Crippen LogP contribution in [0.3, 0.4) is 0 Å². The molecule has 1 aliphatic rings. The fourth-order valence-corrected chi connectivity index (χ4v) is 2.60. The highest BCUT2D eigenvalue weighted by Gasteiger charge is 2.22. The molecule has 2 rings (SSSR count). The van der Waals surface area contributed by atoms with E-state index >= 15 is 0 Å². The summed E-state index contributed by atoms with van der Waals surface area (Å²) in [5.41, 5.74) is 0.591. The third-order valence-electron chi connectivity index (χ3n) is 3.68. The van der Waals surface area contributed by atoms with Crippen molar-refractivity contribution >= 4 is 27.7 Å². The lowest BCUT2D eigenvalue weighted by molar-refractivity contribution is -0.138. The molecule has 0 bridgehead atoms. The predicted octanol–water partition coefficient (Wildman–Crippen LogP) is 2.21. The Bertz CT molecular complexity index is 519. The molecule has 0 aromatic heterocycles. The van der Waals surface area contributed by atoms with Crippen molar-refractivity contribution in [1.82, 2.24) is 10.2 Å². The van der Waals surface area contributed by atoms with Gasteiger partial charge in [0.15, 0.2) is 0 Å². The number of morpholine rings is 1. The number of ether oxygens (including phenoxy) is 1. The van der Waals surface area contributed by atoms with Crippen molar-refractivity contribution in [3.8, 4) is 0 Å². The van der Waals surface area contributed by atoms with Gasteiger partial charge in [0.05, 0.1) is 12.7 Å². The van der Waals surface area contributed by atoms with Crippen LogP contribution < -0.4 is 5.32 Å². The first-order valence-electron chi connectivity index (χ1n) is 7.53. The number of nitrogens with zero attached hydrogens (tertiary/aromatic N) is 1. The zero-order valence-corrected chi connectivity index (χ0v) is 14.3. The van der Waals surface area contributed by atoms with E-state index in [1.807, 2.05) is 17.0 Å². The summed E-state index contributed by atoms with van der Waals surface area (Å²) in [5.74, 6) is -0.0911. The average molecular weight is 369 g/mol. The Labute approximate surface area is 139 Å². The Morgan fingerprint density at radius 1 is 1.36 bits per heavy atom. The summed E-state index contributed by atoms with van der Waals surface area (Å²) in [7, 11) is 0. The standard InChI is InChI=1S/C16H21BrN2O3/c1-2-14-11-19(9-10-22-14)15(20)7-8-18-16(21)12-3-5-13(17)6-4-12/h3-6,14H,2,7-11H2,1H3,(H,18,21). The van der Waals surface area contributed by atoms with Gasteiger partial charge in [0.2, 0.25) is 5.91 Å². The first-order chi connectivity index (χ1) is 10.6. The first kappa shape index (κ1) is 17.0. The summed E-state index contributed by atoms with van der Waals surface area (Å²) in [4.78, 5) is 25.9. The molecule has 2 amide bonds. The molecule has 0 saturated carbocycles. The van der Waals surface area contributed by atoms with Crippen LogP contribution in [-0.4, -0.2) is 49.1 Å². The van der Waals surface area contributed by atoms with E-state index in [4.69, 9.17) is 4.74 Å². The monoisotopic (exact) mass is 368 g/mol.